The normalized spacial score (nSPS) is 10.5. The summed E-state index contributed by atoms with van der Waals surface area (Å²) in [5.41, 5.74) is 2.85. The van der Waals surface area contributed by atoms with Crippen LogP contribution in [0.1, 0.15) is 30.9 Å². The van der Waals surface area contributed by atoms with Crippen LogP contribution in [-0.2, 0) is 0 Å². The van der Waals surface area contributed by atoms with Crippen molar-refractivity contribution < 1.29 is 0 Å². The number of nitrogens with zero attached hydrogens (tertiary/aromatic N) is 2. The Kier molecular flexibility index (Phi) is 2.39. The smallest absolute Gasteiger partial charge is 0.101 e. The standard InChI is InChI=1S/C13H12N2/c1-9(2)11-3-4-12-5-10(7-14)8-15-13(12)6-11/h3-6,8-9H,1-2H3. The van der Waals surface area contributed by atoms with Gasteiger partial charge < -0.3 is 0 Å². The van der Waals surface area contributed by atoms with E-state index in [4.69, 9.17) is 5.26 Å². The van der Waals surface area contributed by atoms with Crippen molar-refractivity contribution in [1.29, 1.82) is 5.26 Å². The Morgan fingerprint density at radius 3 is 2.73 bits per heavy atom. The Morgan fingerprint density at radius 2 is 2.07 bits per heavy atom. The zero-order chi connectivity index (χ0) is 10.8. The molecular weight excluding hydrogens is 184 g/mol. The van der Waals surface area contributed by atoms with Gasteiger partial charge in [-0.1, -0.05) is 26.0 Å². The van der Waals surface area contributed by atoms with Gasteiger partial charge in [-0.05, 0) is 23.6 Å². The van der Waals surface area contributed by atoms with E-state index in [0.29, 0.717) is 11.5 Å². The first-order valence-corrected chi connectivity index (χ1v) is 5.00. The number of benzene rings is 1. The highest BCUT2D eigenvalue weighted by Gasteiger charge is 2.02. The van der Waals surface area contributed by atoms with Crippen LogP contribution in [0.4, 0.5) is 0 Å². The summed E-state index contributed by atoms with van der Waals surface area (Å²) < 4.78 is 0. The number of hydrogen-bond donors (Lipinski definition) is 0. The van der Waals surface area contributed by atoms with Gasteiger partial charge in [0.15, 0.2) is 0 Å². The van der Waals surface area contributed by atoms with Crippen molar-refractivity contribution in [2.75, 3.05) is 0 Å². The van der Waals surface area contributed by atoms with Crippen LogP contribution in [0, 0.1) is 11.3 Å². The highest BCUT2D eigenvalue weighted by atomic mass is 14.6. The molecule has 0 saturated heterocycles. The first-order valence-electron chi connectivity index (χ1n) is 5.00. The summed E-state index contributed by atoms with van der Waals surface area (Å²) in [6.45, 7) is 4.32. The molecule has 0 radical (unpaired) electrons. The molecule has 1 aromatic carbocycles. The molecule has 0 bridgehead atoms. The zero-order valence-corrected chi connectivity index (χ0v) is 8.86. The van der Waals surface area contributed by atoms with Crippen LogP contribution in [0.3, 0.4) is 0 Å². The van der Waals surface area contributed by atoms with E-state index >= 15 is 0 Å². The van der Waals surface area contributed by atoms with Crippen molar-refractivity contribution in [1.82, 2.24) is 4.98 Å². The van der Waals surface area contributed by atoms with Gasteiger partial charge in [-0.2, -0.15) is 5.26 Å². The molecule has 0 amide bonds. The number of rotatable bonds is 1. The summed E-state index contributed by atoms with van der Waals surface area (Å²) in [5.74, 6) is 0.506. The maximum atomic E-state index is 8.75. The first kappa shape index (κ1) is 9.67. The summed E-state index contributed by atoms with van der Waals surface area (Å²) >= 11 is 0. The number of aromatic nitrogens is 1. The third-order valence-electron chi connectivity index (χ3n) is 2.50. The Bertz CT molecular complexity index is 536. The average molecular weight is 196 g/mol. The van der Waals surface area contributed by atoms with Crippen LogP contribution >= 0.6 is 0 Å². The molecule has 0 aliphatic rings. The molecule has 0 fully saturated rings. The van der Waals surface area contributed by atoms with E-state index in [9.17, 15) is 0 Å². The lowest BCUT2D eigenvalue weighted by Crippen LogP contribution is -1.88. The predicted octanol–water partition coefficient (Wildman–Crippen LogP) is 3.23. The fraction of sp³-hybridized carbons (Fsp3) is 0.231. The zero-order valence-electron chi connectivity index (χ0n) is 8.86. The molecule has 2 aromatic rings. The monoisotopic (exact) mass is 196 g/mol. The van der Waals surface area contributed by atoms with Crippen molar-refractivity contribution in [3.8, 4) is 6.07 Å². The fourth-order valence-electron chi connectivity index (χ4n) is 1.56. The molecule has 0 unspecified atom stereocenters. The predicted molar refractivity (Wildman–Crippen MR) is 60.5 cm³/mol. The van der Waals surface area contributed by atoms with Gasteiger partial charge in [0.25, 0.3) is 0 Å². The Hall–Kier alpha value is -1.88. The highest BCUT2D eigenvalue weighted by molar-refractivity contribution is 5.80. The van der Waals surface area contributed by atoms with E-state index < -0.39 is 0 Å². The number of nitriles is 1. The Labute approximate surface area is 89.2 Å². The van der Waals surface area contributed by atoms with Crippen LogP contribution < -0.4 is 0 Å². The first-order chi connectivity index (χ1) is 7.20. The van der Waals surface area contributed by atoms with E-state index in [1.807, 2.05) is 12.1 Å². The van der Waals surface area contributed by atoms with Crippen molar-refractivity contribution >= 4 is 10.9 Å². The maximum Gasteiger partial charge on any atom is 0.101 e. The minimum absolute atomic E-state index is 0.506. The second kappa shape index (κ2) is 3.70. The van der Waals surface area contributed by atoms with Gasteiger partial charge in [0.2, 0.25) is 0 Å². The molecular formula is C13H12N2. The number of fused-ring (bicyclic) bond motifs is 1. The molecule has 15 heavy (non-hydrogen) atoms. The third kappa shape index (κ3) is 1.82. The summed E-state index contributed by atoms with van der Waals surface area (Å²) in [6.07, 6.45) is 1.62. The van der Waals surface area contributed by atoms with Crippen LogP contribution in [0.2, 0.25) is 0 Å². The molecule has 0 aliphatic carbocycles. The quantitative estimate of drug-likeness (QED) is 0.702. The van der Waals surface area contributed by atoms with Crippen molar-refractivity contribution in [3.63, 3.8) is 0 Å². The number of pyridine rings is 1. The van der Waals surface area contributed by atoms with Crippen molar-refractivity contribution in [3.05, 3.63) is 41.6 Å². The molecule has 2 heteroatoms. The van der Waals surface area contributed by atoms with Gasteiger partial charge in [-0.25, -0.2) is 0 Å². The number of hydrogen-bond acceptors (Lipinski definition) is 2. The Morgan fingerprint density at radius 1 is 1.27 bits per heavy atom. The van der Waals surface area contributed by atoms with Gasteiger partial charge >= 0.3 is 0 Å². The van der Waals surface area contributed by atoms with E-state index in [0.717, 1.165) is 10.9 Å². The van der Waals surface area contributed by atoms with Gasteiger partial charge in [0, 0.05) is 11.6 Å². The van der Waals surface area contributed by atoms with E-state index in [2.05, 4.69) is 37.0 Å². The topological polar surface area (TPSA) is 36.7 Å². The lowest BCUT2D eigenvalue weighted by molar-refractivity contribution is 0.868. The largest absolute Gasteiger partial charge is 0.255 e. The van der Waals surface area contributed by atoms with Crippen LogP contribution in [0.25, 0.3) is 10.9 Å². The highest BCUT2D eigenvalue weighted by Crippen LogP contribution is 2.20. The molecule has 2 nitrogen and oxygen atoms in total. The van der Waals surface area contributed by atoms with Crippen molar-refractivity contribution in [2.24, 2.45) is 0 Å². The van der Waals surface area contributed by atoms with Gasteiger partial charge in [0.1, 0.15) is 6.07 Å². The second-order valence-electron chi connectivity index (χ2n) is 3.94. The van der Waals surface area contributed by atoms with Gasteiger partial charge in [-0.3, -0.25) is 4.98 Å². The molecule has 0 atom stereocenters. The molecule has 0 N–H and O–H groups in total. The van der Waals surface area contributed by atoms with Crippen LogP contribution in [0.5, 0.6) is 0 Å². The van der Waals surface area contributed by atoms with Crippen LogP contribution in [0.15, 0.2) is 30.5 Å². The van der Waals surface area contributed by atoms with Gasteiger partial charge in [0.05, 0.1) is 11.1 Å². The summed E-state index contributed by atoms with van der Waals surface area (Å²) in [5, 5.41) is 9.78. The van der Waals surface area contributed by atoms with Gasteiger partial charge in [-0.15, -0.1) is 0 Å². The summed E-state index contributed by atoms with van der Waals surface area (Å²) in [6, 6.07) is 10.2. The minimum Gasteiger partial charge on any atom is -0.255 e. The molecule has 0 saturated carbocycles. The molecule has 74 valence electrons. The van der Waals surface area contributed by atoms with E-state index in [-0.39, 0.29) is 0 Å². The fourth-order valence-corrected chi connectivity index (χ4v) is 1.56. The van der Waals surface area contributed by atoms with E-state index in [1.54, 1.807) is 6.20 Å². The van der Waals surface area contributed by atoms with Crippen LogP contribution in [-0.4, -0.2) is 4.98 Å². The molecule has 0 aliphatic heterocycles. The third-order valence-corrected chi connectivity index (χ3v) is 2.50. The van der Waals surface area contributed by atoms with Crippen molar-refractivity contribution in [2.45, 2.75) is 19.8 Å². The maximum absolute atomic E-state index is 8.75. The lowest BCUT2D eigenvalue weighted by atomic mass is 10.0. The van der Waals surface area contributed by atoms with E-state index in [1.165, 1.54) is 5.56 Å². The second-order valence-corrected chi connectivity index (χ2v) is 3.94. The lowest BCUT2D eigenvalue weighted by Gasteiger charge is -2.06. The molecule has 1 aromatic heterocycles. The summed E-state index contributed by atoms with van der Waals surface area (Å²) in [4.78, 5) is 4.27. The summed E-state index contributed by atoms with van der Waals surface area (Å²) in [7, 11) is 0. The minimum atomic E-state index is 0.506. The molecule has 0 spiro atoms. The molecule has 1 heterocycles. The SMILES string of the molecule is CC(C)c1ccc2cc(C#N)cnc2c1. The average Bonchev–Trinajstić information content (AvgIpc) is 2.27. The molecule has 2 rings (SSSR count). The Balaban J connectivity index is 2.61.